The summed E-state index contributed by atoms with van der Waals surface area (Å²) in [6.07, 6.45) is 1.58. The Labute approximate surface area is 214 Å². The van der Waals surface area contributed by atoms with E-state index in [9.17, 15) is 14.1 Å². The van der Waals surface area contributed by atoms with Crippen LogP contribution in [0.3, 0.4) is 0 Å². The van der Waals surface area contributed by atoms with Gasteiger partial charge in [-0.15, -0.1) is 11.6 Å². The van der Waals surface area contributed by atoms with Gasteiger partial charge in [0.25, 0.3) is 0 Å². The lowest BCUT2D eigenvalue weighted by atomic mass is 9.55. The van der Waals surface area contributed by atoms with Gasteiger partial charge in [-0.05, 0) is 46.4 Å². The minimum absolute atomic E-state index is 0.107. The number of ketones is 1. The SMILES string of the molecule is CC1(C)[C@@H]2CC[C@]13CS(=O)N[C@@]31[C@@](Cl)(C(=O)c3ccccc3)C(c3ccccc3)=C(I)[C@@]21O. The van der Waals surface area contributed by atoms with Gasteiger partial charge >= 0.3 is 0 Å². The molecule has 0 radical (unpaired) electrons. The largest absolute Gasteiger partial charge is 0.382 e. The Kier molecular flexibility index (Phi) is 4.61. The first-order valence-corrected chi connectivity index (χ1v) is 14.0. The molecule has 1 heterocycles. The van der Waals surface area contributed by atoms with Crippen LogP contribution in [-0.4, -0.2) is 36.9 Å². The number of alkyl halides is 1. The van der Waals surface area contributed by atoms with Crippen LogP contribution in [0.4, 0.5) is 0 Å². The molecule has 33 heavy (non-hydrogen) atoms. The smallest absolute Gasteiger partial charge is 0.190 e. The van der Waals surface area contributed by atoms with Crippen molar-refractivity contribution in [2.75, 3.05) is 5.75 Å². The van der Waals surface area contributed by atoms with Crippen molar-refractivity contribution in [2.45, 2.75) is 42.7 Å². The first kappa shape index (κ1) is 22.4. The van der Waals surface area contributed by atoms with Gasteiger partial charge in [-0.1, -0.05) is 74.5 Å². The van der Waals surface area contributed by atoms with Crippen LogP contribution >= 0.6 is 34.2 Å². The quantitative estimate of drug-likeness (QED) is 0.303. The molecule has 0 aromatic heterocycles. The number of Topliss-reactive ketones (excluding diaryl/α,β-unsaturated/α-hetero) is 1. The van der Waals surface area contributed by atoms with Crippen LogP contribution in [0.1, 0.15) is 42.6 Å². The van der Waals surface area contributed by atoms with E-state index in [4.69, 9.17) is 11.6 Å². The molecule has 2 aromatic carbocycles. The van der Waals surface area contributed by atoms with E-state index in [1.807, 2.05) is 48.5 Å². The van der Waals surface area contributed by atoms with E-state index < -0.39 is 32.4 Å². The Morgan fingerprint density at radius 1 is 1.12 bits per heavy atom. The zero-order chi connectivity index (χ0) is 23.4. The van der Waals surface area contributed by atoms with Gasteiger partial charge in [0.15, 0.2) is 10.7 Å². The number of hydrogen-bond acceptors (Lipinski definition) is 3. The summed E-state index contributed by atoms with van der Waals surface area (Å²) in [4.78, 5) is 12.9. The average Bonchev–Trinajstić information content (AvgIpc) is 3.36. The molecule has 3 fully saturated rings. The van der Waals surface area contributed by atoms with Crippen LogP contribution in [-0.2, 0) is 11.0 Å². The highest BCUT2D eigenvalue weighted by atomic mass is 127. The van der Waals surface area contributed by atoms with Gasteiger partial charge in [0.05, 0.1) is 11.0 Å². The number of hydrogen-bond donors (Lipinski definition) is 2. The zero-order valence-corrected chi connectivity index (χ0v) is 22.1. The van der Waals surface area contributed by atoms with E-state index in [0.717, 1.165) is 18.4 Å². The summed E-state index contributed by atoms with van der Waals surface area (Å²) < 4.78 is 17.3. The number of carbonyl (C=O) groups excluding carboxylic acids is 1. The van der Waals surface area contributed by atoms with Crippen LogP contribution in [0.25, 0.3) is 5.57 Å². The normalized spacial score (nSPS) is 42.5. The monoisotopic (exact) mass is 593 g/mol. The van der Waals surface area contributed by atoms with Crippen molar-refractivity contribution in [1.82, 2.24) is 4.72 Å². The molecule has 2 aromatic rings. The summed E-state index contributed by atoms with van der Waals surface area (Å²) in [6.45, 7) is 4.31. The van der Waals surface area contributed by atoms with Crippen molar-refractivity contribution in [3.63, 3.8) is 0 Å². The number of nitrogens with one attached hydrogen (secondary N) is 1. The topological polar surface area (TPSA) is 66.4 Å². The summed E-state index contributed by atoms with van der Waals surface area (Å²) in [5.41, 5.74) is -1.69. The Morgan fingerprint density at radius 3 is 2.36 bits per heavy atom. The van der Waals surface area contributed by atoms with Crippen LogP contribution in [0.5, 0.6) is 0 Å². The predicted octanol–water partition coefficient (Wildman–Crippen LogP) is 4.88. The first-order chi connectivity index (χ1) is 15.6. The fourth-order valence-electron chi connectivity index (χ4n) is 7.92. The summed E-state index contributed by atoms with van der Waals surface area (Å²) in [5.74, 6) is 0.00822. The van der Waals surface area contributed by atoms with Gasteiger partial charge in [-0.3, -0.25) is 4.79 Å². The molecule has 7 heteroatoms. The highest BCUT2D eigenvalue weighted by Gasteiger charge is 2.93. The lowest BCUT2D eigenvalue weighted by Gasteiger charge is -2.54. The minimum atomic E-state index is -1.63. The average molecular weight is 594 g/mol. The summed E-state index contributed by atoms with van der Waals surface area (Å²) in [5, 5.41) is 12.8. The number of carbonyl (C=O) groups is 1. The number of aliphatic hydroxyl groups is 1. The Balaban J connectivity index is 1.74. The number of halogens is 2. The second kappa shape index (κ2) is 6.78. The number of fused-ring (bicyclic) bond motifs is 2. The Bertz CT molecular complexity index is 1250. The van der Waals surface area contributed by atoms with Gasteiger partial charge in [0, 0.05) is 31.8 Å². The van der Waals surface area contributed by atoms with Crippen LogP contribution in [0, 0.1) is 16.7 Å². The molecule has 1 saturated heterocycles. The van der Waals surface area contributed by atoms with E-state index in [2.05, 4.69) is 41.2 Å². The molecule has 4 nitrogen and oxygen atoms in total. The fourth-order valence-corrected chi connectivity index (χ4v) is 12.4. The summed E-state index contributed by atoms with van der Waals surface area (Å²) in [6, 6.07) is 18.7. The van der Waals surface area contributed by atoms with E-state index in [1.165, 1.54) is 0 Å². The minimum Gasteiger partial charge on any atom is -0.382 e. The molecule has 6 atom stereocenters. The molecule has 2 N–H and O–H groups in total. The van der Waals surface area contributed by atoms with Gasteiger partial charge in [0.2, 0.25) is 0 Å². The third kappa shape index (κ3) is 2.18. The molecular formula is C26H25ClINO3S. The van der Waals surface area contributed by atoms with E-state index >= 15 is 0 Å². The van der Waals surface area contributed by atoms with E-state index in [1.54, 1.807) is 12.1 Å². The fraction of sp³-hybridized carbons (Fsp3) is 0.423. The maximum absolute atomic E-state index is 14.5. The molecular weight excluding hydrogens is 569 g/mol. The van der Waals surface area contributed by atoms with Crippen molar-refractivity contribution in [1.29, 1.82) is 0 Å². The summed E-state index contributed by atoms with van der Waals surface area (Å²) >= 11 is 9.96. The van der Waals surface area contributed by atoms with Crippen molar-refractivity contribution < 1.29 is 14.1 Å². The second-order valence-electron chi connectivity index (χ2n) is 10.4. The van der Waals surface area contributed by atoms with Crippen molar-refractivity contribution >= 4 is 56.5 Å². The van der Waals surface area contributed by atoms with Crippen molar-refractivity contribution in [2.24, 2.45) is 16.7 Å². The molecule has 1 unspecified atom stereocenters. The molecule has 0 amide bonds. The van der Waals surface area contributed by atoms with Crippen molar-refractivity contribution in [3.8, 4) is 0 Å². The van der Waals surface area contributed by atoms with E-state index in [-0.39, 0.29) is 17.1 Å². The maximum Gasteiger partial charge on any atom is 0.190 e. The molecule has 2 saturated carbocycles. The number of rotatable bonds is 3. The standard InChI is InChI=1S/C26H25ClINO3S/c1-22(2)18-13-14-23(22)15-33(32)29-26(23)24(27,21(30)17-11-7-4-8-12-17)19(20(28)25(18,26)31)16-9-5-3-6-10-16/h3-12,18,29,31H,13-15H2,1-2H3/t18-,23-,24-,25-,26+,33?/m0/s1. The molecule has 3 aliphatic carbocycles. The lowest BCUT2D eigenvalue weighted by Crippen LogP contribution is -2.74. The molecule has 2 spiro atoms. The van der Waals surface area contributed by atoms with Gasteiger partial charge in [-0.2, -0.15) is 0 Å². The van der Waals surface area contributed by atoms with Crippen LogP contribution < -0.4 is 4.72 Å². The predicted molar refractivity (Wildman–Crippen MR) is 140 cm³/mol. The maximum atomic E-state index is 14.5. The molecule has 2 bridgehead atoms. The third-order valence-corrected chi connectivity index (χ3v) is 12.5. The second-order valence-corrected chi connectivity index (χ2v) is 13.2. The Hall–Kier alpha value is -1.06. The third-order valence-electron chi connectivity index (χ3n) is 9.23. The van der Waals surface area contributed by atoms with Gasteiger partial charge in [-0.25, -0.2) is 8.93 Å². The molecule has 6 rings (SSSR count). The van der Waals surface area contributed by atoms with Crippen LogP contribution in [0.2, 0.25) is 0 Å². The van der Waals surface area contributed by atoms with Crippen LogP contribution in [0.15, 0.2) is 64.2 Å². The summed E-state index contributed by atoms with van der Waals surface area (Å²) in [7, 11) is -1.42. The zero-order valence-electron chi connectivity index (χ0n) is 18.4. The lowest BCUT2D eigenvalue weighted by molar-refractivity contribution is -0.0555. The molecule has 1 aliphatic heterocycles. The van der Waals surface area contributed by atoms with Gasteiger partial charge < -0.3 is 5.11 Å². The van der Waals surface area contributed by atoms with Crippen molar-refractivity contribution in [3.05, 3.63) is 75.4 Å². The number of benzene rings is 2. The first-order valence-electron chi connectivity index (χ1n) is 11.2. The Morgan fingerprint density at radius 2 is 1.73 bits per heavy atom. The highest BCUT2D eigenvalue weighted by molar-refractivity contribution is 14.1. The van der Waals surface area contributed by atoms with E-state index in [0.29, 0.717) is 20.5 Å². The van der Waals surface area contributed by atoms with Gasteiger partial charge in [0.1, 0.15) is 11.1 Å². The highest BCUT2D eigenvalue weighted by Crippen LogP contribution is 2.83. The molecule has 172 valence electrons. The molecule has 4 aliphatic rings.